The van der Waals surface area contributed by atoms with Crippen LogP contribution in [0.25, 0.3) is 21.6 Å². The third-order valence-electron chi connectivity index (χ3n) is 6.10. The number of benzene rings is 1. The Morgan fingerprint density at radius 2 is 1.60 bits per heavy atom. The number of aryl methyl sites for hydroxylation is 1. The minimum Gasteiger partial charge on any atom is -0.489 e. The van der Waals surface area contributed by atoms with E-state index in [9.17, 15) is 19.5 Å². The molecule has 1 unspecified atom stereocenters. The largest absolute Gasteiger partial charge is 0.489 e. The molecule has 0 saturated heterocycles. The van der Waals surface area contributed by atoms with E-state index in [4.69, 9.17) is 47.7 Å². The molecule has 2 aromatic heterocycles. The van der Waals surface area contributed by atoms with Crippen LogP contribution in [0.15, 0.2) is 52.8 Å². The average molecular weight is 665 g/mol. The van der Waals surface area contributed by atoms with Gasteiger partial charge in [-0.05, 0) is 16.7 Å². The molecule has 45 heavy (non-hydrogen) atoms. The van der Waals surface area contributed by atoms with Crippen molar-refractivity contribution >= 4 is 35.1 Å². The standard InChI is InChI=1S/C28H31Cl2N7O8/c1-37-27(39)24(23(17-34-37)45-13-12-44-11-10-43-9-8-42-7-6-33-36-31)19-4-2-18(3-5-19)14-22(28(40)41)35-26(38)25-20(29)15-32-16-21(25)30/h2-5,15-17,22H,6-14H2,1H3,(H,35,38)(H,40,41). The highest BCUT2D eigenvalue weighted by atomic mass is 35.5. The van der Waals surface area contributed by atoms with Gasteiger partial charge in [0.05, 0.1) is 67.0 Å². The number of aromatic nitrogens is 3. The van der Waals surface area contributed by atoms with E-state index in [-0.39, 0.29) is 53.1 Å². The number of aliphatic carboxylic acids is 1. The molecule has 2 heterocycles. The number of hydrogen-bond acceptors (Lipinski definition) is 10. The molecule has 240 valence electrons. The van der Waals surface area contributed by atoms with E-state index in [0.29, 0.717) is 44.2 Å². The second kappa shape index (κ2) is 18.5. The molecule has 1 amide bonds. The van der Waals surface area contributed by atoms with Crippen LogP contribution in [-0.2, 0) is 32.5 Å². The summed E-state index contributed by atoms with van der Waals surface area (Å²) in [5.74, 6) is -1.75. The van der Waals surface area contributed by atoms with E-state index >= 15 is 0 Å². The highest BCUT2D eigenvalue weighted by Gasteiger charge is 2.24. The van der Waals surface area contributed by atoms with E-state index in [0.717, 1.165) is 0 Å². The molecule has 0 aliphatic rings. The summed E-state index contributed by atoms with van der Waals surface area (Å²) in [6.07, 6.45) is 3.85. The number of nitrogens with zero attached hydrogens (tertiary/aromatic N) is 6. The third-order valence-corrected chi connectivity index (χ3v) is 6.67. The Morgan fingerprint density at radius 3 is 2.20 bits per heavy atom. The average Bonchev–Trinajstić information content (AvgIpc) is 3.01. The maximum absolute atomic E-state index is 13.0. The summed E-state index contributed by atoms with van der Waals surface area (Å²) in [6.45, 7) is 2.40. The molecular weight excluding hydrogens is 633 g/mol. The van der Waals surface area contributed by atoms with Crippen molar-refractivity contribution in [2.75, 3.05) is 52.8 Å². The summed E-state index contributed by atoms with van der Waals surface area (Å²) in [5, 5.41) is 19.6. The van der Waals surface area contributed by atoms with Gasteiger partial charge in [0.1, 0.15) is 12.6 Å². The molecule has 15 nitrogen and oxygen atoms in total. The molecule has 0 radical (unpaired) electrons. The van der Waals surface area contributed by atoms with Gasteiger partial charge in [0.25, 0.3) is 11.5 Å². The van der Waals surface area contributed by atoms with Gasteiger partial charge in [-0.25, -0.2) is 9.48 Å². The number of hydrogen-bond donors (Lipinski definition) is 2. The number of pyridine rings is 1. The second-order valence-corrected chi connectivity index (χ2v) is 10.0. The molecule has 0 aliphatic heterocycles. The third kappa shape index (κ3) is 11.0. The van der Waals surface area contributed by atoms with Crippen molar-refractivity contribution in [3.05, 3.63) is 84.8 Å². The summed E-state index contributed by atoms with van der Waals surface area (Å²) in [5.41, 5.74) is 9.11. The van der Waals surface area contributed by atoms with Crippen LogP contribution in [0.1, 0.15) is 15.9 Å². The van der Waals surface area contributed by atoms with Crippen molar-refractivity contribution < 1.29 is 33.6 Å². The quantitative estimate of drug-likeness (QED) is 0.0829. The van der Waals surface area contributed by atoms with Crippen LogP contribution in [0.2, 0.25) is 10.0 Å². The van der Waals surface area contributed by atoms with E-state index in [2.05, 4.69) is 25.4 Å². The van der Waals surface area contributed by atoms with Crippen molar-refractivity contribution in [2.45, 2.75) is 12.5 Å². The molecule has 3 rings (SSSR count). The predicted molar refractivity (Wildman–Crippen MR) is 164 cm³/mol. The van der Waals surface area contributed by atoms with Crippen molar-refractivity contribution in [3.63, 3.8) is 0 Å². The lowest BCUT2D eigenvalue weighted by molar-refractivity contribution is -0.139. The molecule has 3 aromatic rings. The van der Waals surface area contributed by atoms with Crippen LogP contribution in [0.5, 0.6) is 5.75 Å². The predicted octanol–water partition coefficient (Wildman–Crippen LogP) is 3.31. The maximum atomic E-state index is 13.0. The lowest BCUT2D eigenvalue weighted by Crippen LogP contribution is -2.42. The fourth-order valence-corrected chi connectivity index (χ4v) is 4.44. The monoisotopic (exact) mass is 663 g/mol. The molecule has 0 bridgehead atoms. The van der Waals surface area contributed by atoms with Gasteiger partial charge in [-0.2, -0.15) is 5.10 Å². The normalized spacial score (nSPS) is 11.4. The Morgan fingerprint density at radius 1 is 1.00 bits per heavy atom. The van der Waals surface area contributed by atoms with E-state index in [1.165, 1.54) is 30.3 Å². The first-order chi connectivity index (χ1) is 21.7. The zero-order chi connectivity index (χ0) is 32.6. The highest BCUT2D eigenvalue weighted by molar-refractivity contribution is 6.39. The lowest BCUT2D eigenvalue weighted by atomic mass is 10.0. The van der Waals surface area contributed by atoms with Crippen LogP contribution >= 0.6 is 23.2 Å². The van der Waals surface area contributed by atoms with Crippen LogP contribution < -0.4 is 15.6 Å². The first-order valence-corrected chi connectivity index (χ1v) is 14.3. The molecule has 0 aliphatic carbocycles. The number of azide groups is 1. The van der Waals surface area contributed by atoms with Crippen LogP contribution in [0.4, 0.5) is 0 Å². The van der Waals surface area contributed by atoms with Gasteiger partial charge in [0.15, 0.2) is 5.75 Å². The Bertz CT molecular complexity index is 1530. The highest BCUT2D eigenvalue weighted by Crippen LogP contribution is 2.27. The van der Waals surface area contributed by atoms with Gasteiger partial charge in [0, 0.05) is 37.3 Å². The van der Waals surface area contributed by atoms with Crippen molar-refractivity contribution in [1.82, 2.24) is 20.1 Å². The summed E-state index contributed by atoms with van der Waals surface area (Å²) in [6, 6.07) is 5.34. The SMILES string of the molecule is Cn1ncc(OCCOCCOCCOCCN=[N+]=[N-])c(-c2ccc(CC(NC(=O)c3c(Cl)cncc3Cl)C(=O)O)cc2)c1=O. The first kappa shape index (κ1) is 35.2. The molecule has 0 spiro atoms. The molecular formula is C28H31Cl2N7O8. The summed E-state index contributed by atoms with van der Waals surface area (Å²) >= 11 is 12.1. The van der Waals surface area contributed by atoms with Crippen molar-refractivity contribution in [1.29, 1.82) is 0 Å². The minimum atomic E-state index is -1.29. The maximum Gasteiger partial charge on any atom is 0.326 e. The number of carboxylic acid groups (broad SMARTS) is 1. The smallest absolute Gasteiger partial charge is 0.326 e. The molecule has 0 saturated carbocycles. The fourth-order valence-electron chi connectivity index (χ4n) is 3.90. The van der Waals surface area contributed by atoms with Crippen LogP contribution in [-0.4, -0.2) is 90.6 Å². The Labute approximate surface area is 267 Å². The molecule has 17 heteroatoms. The van der Waals surface area contributed by atoms with Crippen LogP contribution in [0, 0.1) is 0 Å². The van der Waals surface area contributed by atoms with E-state index in [1.54, 1.807) is 24.3 Å². The van der Waals surface area contributed by atoms with E-state index < -0.39 is 23.5 Å². The fraction of sp³-hybridized carbons (Fsp3) is 0.393. The van der Waals surface area contributed by atoms with Crippen molar-refractivity contribution in [2.24, 2.45) is 12.2 Å². The first-order valence-electron chi connectivity index (χ1n) is 13.6. The summed E-state index contributed by atoms with van der Waals surface area (Å²) in [4.78, 5) is 44.0. The van der Waals surface area contributed by atoms with Gasteiger partial charge >= 0.3 is 5.97 Å². The number of carboxylic acids is 1. The van der Waals surface area contributed by atoms with Crippen LogP contribution in [0.3, 0.4) is 0 Å². The van der Waals surface area contributed by atoms with Gasteiger partial charge in [0.2, 0.25) is 0 Å². The number of nitrogens with one attached hydrogen (secondary N) is 1. The zero-order valence-electron chi connectivity index (χ0n) is 24.2. The Balaban J connectivity index is 1.55. The number of rotatable bonds is 19. The lowest BCUT2D eigenvalue weighted by Gasteiger charge is -2.16. The molecule has 1 atom stereocenters. The zero-order valence-corrected chi connectivity index (χ0v) is 25.7. The number of carbonyl (C=O) groups is 2. The Hall–Kier alpha value is -4.24. The number of carbonyl (C=O) groups excluding carboxylic acids is 1. The number of amides is 1. The van der Waals surface area contributed by atoms with Gasteiger partial charge in [-0.1, -0.05) is 52.6 Å². The molecule has 0 fully saturated rings. The summed E-state index contributed by atoms with van der Waals surface area (Å²) < 4.78 is 23.1. The Kier molecular flexibility index (Phi) is 14.5. The van der Waals surface area contributed by atoms with E-state index in [1.807, 2.05) is 0 Å². The minimum absolute atomic E-state index is 0.00977. The van der Waals surface area contributed by atoms with Gasteiger partial charge in [-0.3, -0.25) is 14.6 Å². The number of ether oxygens (including phenoxy) is 4. The van der Waals surface area contributed by atoms with Crippen molar-refractivity contribution in [3.8, 4) is 16.9 Å². The molecule has 1 aromatic carbocycles. The molecule has 2 N–H and O–H groups in total. The van der Waals surface area contributed by atoms with Gasteiger partial charge < -0.3 is 29.4 Å². The second-order valence-electron chi connectivity index (χ2n) is 9.20. The summed E-state index contributed by atoms with van der Waals surface area (Å²) in [7, 11) is 1.51. The van der Waals surface area contributed by atoms with Gasteiger partial charge in [-0.15, -0.1) is 0 Å². The topological polar surface area (TPSA) is 200 Å². The number of halogens is 2.